The van der Waals surface area contributed by atoms with E-state index in [9.17, 15) is 14.0 Å². The molecule has 0 aliphatic carbocycles. The number of halogens is 1. The molecule has 29 heavy (non-hydrogen) atoms. The summed E-state index contributed by atoms with van der Waals surface area (Å²) in [7, 11) is 2.93. The Hall–Kier alpha value is -3.68. The van der Waals surface area contributed by atoms with Gasteiger partial charge in [0.25, 0.3) is 5.91 Å². The number of methoxy groups -OCH3 is 1. The van der Waals surface area contributed by atoms with Gasteiger partial charge in [0.15, 0.2) is 18.2 Å². The summed E-state index contributed by atoms with van der Waals surface area (Å²) in [6.07, 6.45) is 2.91. The monoisotopic (exact) mass is 397 g/mol. The van der Waals surface area contributed by atoms with Crippen molar-refractivity contribution in [3.8, 4) is 11.4 Å². The van der Waals surface area contributed by atoms with E-state index in [1.807, 2.05) is 30.3 Å². The van der Waals surface area contributed by atoms with Gasteiger partial charge in [0, 0.05) is 19.8 Å². The number of aromatic nitrogens is 2. The maximum atomic E-state index is 13.8. The SMILES string of the molecule is COc1ccc(CN(C)C(=O)COC(=O)c2cnn(-c3ccccc3)c2)cc1F. The number of nitrogens with zero attached hydrogens (tertiary/aromatic N) is 3. The number of rotatable bonds is 7. The van der Waals surface area contributed by atoms with Crippen molar-refractivity contribution < 1.29 is 23.5 Å². The maximum Gasteiger partial charge on any atom is 0.341 e. The number of carbonyl (C=O) groups is 2. The van der Waals surface area contributed by atoms with Crippen LogP contribution in [0.1, 0.15) is 15.9 Å². The van der Waals surface area contributed by atoms with E-state index in [1.54, 1.807) is 17.8 Å². The van der Waals surface area contributed by atoms with Crippen molar-refractivity contribution >= 4 is 11.9 Å². The van der Waals surface area contributed by atoms with Crippen molar-refractivity contribution in [1.29, 1.82) is 0 Å². The first-order chi connectivity index (χ1) is 14.0. The van der Waals surface area contributed by atoms with Crippen LogP contribution in [0.25, 0.3) is 5.69 Å². The van der Waals surface area contributed by atoms with E-state index in [0.29, 0.717) is 5.56 Å². The molecule has 0 aliphatic heterocycles. The van der Waals surface area contributed by atoms with Gasteiger partial charge in [0.05, 0.1) is 24.6 Å². The first kappa shape index (κ1) is 20.1. The van der Waals surface area contributed by atoms with Gasteiger partial charge < -0.3 is 14.4 Å². The van der Waals surface area contributed by atoms with Gasteiger partial charge in [-0.2, -0.15) is 5.10 Å². The maximum absolute atomic E-state index is 13.8. The Morgan fingerprint density at radius 2 is 1.93 bits per heavy atom. The number of benzene rings is 2. The van der Waals surface area contributed by atoms with E-state index in [1.165, 1.54) is 36.5 Å². The number of amides is 1. The molecule has 150 valence electrons. The molecule has 0 N–H and O–H groups in total. The van der Waals surface area contributed by atoms with Gasteiger partial charge in [0.1, 0.15) is 0 Å². The van der Waals surface area contributed by atoms with Crippen LogP contribution < -0.4 is 4.74 Å². The van der Waals surface area contributed by atoms with Crippen molar-refractivity contribution in [3.05, 3.63) is 77.9 Å². The average molecular weight is 397 g/mol. The molecule has 0 saturated carbocycles. The van der Waals surface area contributed by atoms with Crippen molar-refractivity contribution in [2.24, 2.45) is 0 Å². The molecule has 3 aromatic rings. The average Bonchev–Trinajstić information content (AvgIpc) is 3.23. The molecule has 1 aromatic heterocycles. The standard InChI is InChI=1S/C21H20FN3O4/c1-24(12-15-8-9-19(28-2)18(22)10-15)20(26)14-29-21(27)16-11-23-25(13-16)17-6-4-3-5-7-17/h3-11,13H,12,14H2,1-2H3. The highest BCUT2D eigenvalue weighted by Crippen LogP contribution is 2.18. The van der Waals surface area contributed by atoms with Crippen molar-refractivity contribution in [1.82, 2.24) is 14.7 Å². The summed E-state index contributed by atoms with van der Waals surface area (Å²) in [5.41, 5.74) is 1.63. The fraction of sp³-hybridized carbons (Fsp3) is 0.190. The number of carbonyl (C=O) groups excluding carboxylic acids is 2. The van der Waals surface area contributed by atoms with Gasteiger partial charge in [-0.05, 0) is 29.8 Å². The molecule has 2 aromatic carbocycles. The third-order valence-electron chi connectivity index (χ3n) is 4.23. The molecule has 3 rings (SSSR count). The van der Waals surface area contributed by atoms with Crippen LogP contribution >= 0.6 is 0 Å². The van der Waals surface area contributed by atoms with Crippen LogP contribution in [-0.2, 0) is 16.1 Å². The van der Waals surface area contributed by atoms with Gasteiger partial charge in [0.2, 0.25) is 0 Å². The minimum Gasteiger partial charge on any atom is -0.494 e. The summed E-state index contributed by atoms with van der Waals surface area (Å²) in [5.74, 6) is -1.44. The van der Waals surface area contributed by atoms with Gasteiger partial charge in [-0.15, -0.1) is 0 Å². The molecule has 0 spiro atoms. The Labute approximate surface area is 167 Å². The molecule has 0 radical (unpaired) electrons. The van der Waals surface area contributed by atoms with Gasteiger partial charge in [-0.3, -0.25) is 4.79 Å². The molecule has 0 aliphatic rings. The van der Waals surface area contributed by atoms with Crippen LogP contribution in [0.5, 0.6) is 5.75 Å². The highest BCUT2D eigenvalue weighted by molar-refractivity contribution is 5.90. The summed E-state index contributed by atoms with van der Waals surface area (Å²) in [4.78, 5) is 25.8. The summed E-state index contributed by atoms with van der Waals surface area (Å²) in [6.45, 7) is -0.256. The summed E-state index contributed by atoms with van der Waals surface area (Å²) in [6, 6.07) is 13.8. The number of likely N-dealkylation sites (N-methyl/N-ethyl adjacent to an activating group) is 1. The van der Waals surface area contributed by atoms with E-state index in [-0.39, 0.29) is 17.9 Å². The Bertz CT molecular complexity index is 1000. The zero-order valence-corrected chi connectivity index (χ0v) is 16.0. The number of hydrogen-bond acceptors (Lipinski definition) is 5. The molecule has 1 heterocycles. The van der Waals surface area contributed by atoms with Crippen LogP contribution in [0.4, 0.5) is 4.39 Å². The van der Waals surface area contributed by atoms with Crippen LogP contribution in [0, 0.1) is 5.82 Å². The molecule has 0 saturated heterocycles. The molecular formula is C21H20FN3O4. The van der Waals surface area contributed by atoms with Crippen LogP contribution in [0.3, 0.4) is 0 Å². The fourth-order valence-electron chi connectivity index (χ4n) is 2.64. The second-order valence-electron chi connectivity index (χ2n) is 6.30. The predicted molar refractivity (Wildman–Crippen MR) is 103 cm³/mol. The zero-order valence-electron chi connectivity index (χ0n) is 16.0. The van der Waals surface area contributed by atoms with Crippen LogP contribution in [-0.4, -0.2) is 47.3 Å². The lowest BCUT2D eigenvalue weighted by Gasteiger charge is -2.17. The normalized spacial score (nSPS) is 10.4. The second kappa shape index (κ2) is 9.01. The van der Waals surface area contributed by atoms with Crippen LogP contribution in [0.15, 0.2) is 60.9 Å². The van der Waals surface area contributed by atoms with Crippen molar-refractivity contribution in [3.63, 3.8) is 0 Å². The largest absolute Gasteiger partial charge is 0.494 e. The molecule has 1 amide bonds. The summed E-state index contributed by atoms with van der Waals surface area (Å²) in [5, 5.41) is 4.12. The van der Waals surface area contributed by atoms with Gasteiger partial charge in [-0.1, -0.05) is 24.3 Å². The van der Waals surface area contributed by atoms with Crippen LogP contribution in [0.2, 0.25) is 0 Å². The zero-order chi connectivity index (χ0) is 20.8. The lowest BCUT2D eigenvalue weighted by Crippen LogP contribution is -2.30. The molecule has 7 nitrogen and oxygen atoms in total. The highest BCUT2D eigenvalue weighted by atomic mass is 19.1. The molecule has 0 atom stereocenters. The van der Waals surface area contributed by atoms with E-state index >= 15 is 0 Å². The number of hydrogen-bond donors (Lipinski definition) is 0. The molecule has 0 unspecified atom stereocenters. The first-order valence-corrected chi connectivity index (χ1v) is 8.81. The quantitative estimate of drug-likeness (QED) is 0.573. The van der Waals surface area contributed by atoms with E-state index < -0.39 is 24.3 Å². The molecule has 8 heteroatoms. The predicted octanol–water partition coefficient (Wildman–Crippen LogP) is 2.84. The first-order valence-electron chi connectivity index (χ1n) is 8.81. The number of para-hydroxylation sites is 1. The van der Waals surface area contributed by atoms with E-state index in [4.69, 9.17) is 9.47 Å². The van der Waals surface area contributed by atoms with E-state index in [0.717, 1.165) is 5.69 Å². The Balaban J connectivity index is 1.54. The number of esters is 1. The highest BCUT2D eigenvalue weighted by Gasteiger charge is 2.16. The van der Waals surface area contributed by atoms with Crippen molar-refractivity contribution in [2.45, 2.75) is 6.54 Å². The Morgan fingerprint density at radius 1 is 1.17 bits per heavy atom. The lowest BCUT2D eigenvalue weighted by molar-refractivity contribution is -0.133. The third kappa shape index (κ3) is 4.98. The smallest absolute Gasteiger partial charge is 0.341 e. The minimum absolute atomic E-state index is 0.132. The number of ether oxygens (including phenoxy) is 2. The third-order valence-corrected chi connectivity index (χ3v) is 4.23. The molecular weight excluding hydrogens is 377 g/mol. The van der Waals surface area contributed by atoms with Crippen molar-refractivity contribution in [2.75, 3.05) is 20.8 Å². The lowest BCUT2D eigenvalue weighted by atomic mass is 10.2. The van der Waals surface area contributed by atoms with E-state index in [2.05, 4.69) is 5.10 Å². The fourth-order valence-corrected chi connectivity index (χ4v) is 2.64. The topological polar surface area (TPSA) is 73.7 Å². The second-order valence-corrected chi connectivity index (χ2v) is 6.30. The molecule has 0 fully saturated rings. The Morgan fingerprint density at radius 3 is 2.62 bits per heavy atom. The summed E-state index contributed by atoms with van der Waals surface area (Å²) < 4.78 is 25.3. The van der Waals surface area contributed by atoms with Gasteiger partial charge in [-0.25, -0.2) is 13.9 Å². The molecule has 0 bridgehead atoms. The van der Waals surface area contributed by atoms with Gasteiger partial charge >= 0.3 is 5.97 Å². The summed E-state index contributed by atoms with van der Waals surface area (Å²) >= 11 is 0. The Kier molecular flexibility index (Phi) is 6.23. The minimum atomic E-state index is -0.649.